The highest BCUT2D eigenvalue weighted by Gasteiger charge is 2.18. The molecule has 2 unspecified atom stereocenters. The van der Waals surface area contributed by atoms with Crippen molar-refractivity contribution in [3.63, 3.8) is 0 Å². The minimum absolute atomic E-state index is 0.00512. The third-order valence-corrected chi connectivity index (χ3v) is 13.7. The highest BCUT2D eigenvalue weighted by atomic mass is 16.5. The van der Waals surface area contributed by atoms with E-state index in [1.54, 1.807) is 6.08 Å². The Morgan fingerprint density at radius 2 is 0.712 bits per heavy atom. The first-order valence-electron chi connectivity index (χ1n) is 29.6. The molecule has 0 spiro atoms. The Bertz CT molecular complexity index is 1030. The van der Waals surface area contributed by atoms with Gasteiger partial charge in [-0.15, -0.1) is 0 Å². The summed E-state index contributed by atoms with van der Waals surface area (Å²) in [5.74, 6) is -0.0653. The monoisotopic (exact) mass is 930 g/mol. The molecule has 66 heavy (non-hydrogen) atoms. The van der Waals surface area contributed by atoms with Crippen LogP contribution in [0.5, 0.6) is 0 Å². The van der Waals surface area contributed by atoms with Gasteiger partial charge in [0.2, 0.25) is 5.91 Å². The molecule has 6 heteroatoms. The summed E-state index contributed by atoms with van der Waals surface area (Å²) in [5.41, 5.74) is 0. The van der Waals surface area contributed by atoms with Crippen molar-refractivity contribution in [2.45, 2.75) is 334 Å². The molecule has 0 aliphatic carbocycles. The summed E-state index contributed by atoms with van der Waals surface area (Å²) in [6.45, 7) is 4.90. The molecule has 390 valence electrons. The van der Waals surface area contributed by atoms with Crippen LogP contribution in [-0.4, -0.2) is 47.4 Å². The summed E-state index contributed by atoms with van der Waals surface area (Å²) < 4.78 is 5.49. The molecule has 0 aromatic carbocycles. The number of carbonyl (C=O) groups is 2. The largest absolute Gasteiger partial charge is 0.466 e. The van der Waals surface area contributed by atoms with Crippen molar-refractivity contribution >= 4 is 11.9 Å². The molecule has 0 aliphatic rings. The molecule has 3 N–H and O–H groups in total. The van der Waals surface area contributed by atoms with Gasteiger partial charge >= 0.3 is 5.97 Å². The van der Waals surface area contributed by atoms with Crippen LogP contribution < -0.4 is 5.32 Å². The van der Waals surface area contributed by atoms with Crippen LogP contribution in [-0.2, 0) is 14.3 Å². The Kier molecular flexibility index (Phi) is 54.5. The van der Waals surface area contributed by atoms with Gasteiger partial charge in [-0.05, 0) is 57.8 Å². The topological polar surface area (TPSA) is 95.9 Å². The van der Waals surface area contributed by atoms with E-state index in [4.69, 9.17) is 4.74 Å². The number of nitrogens with one attached hydrogen (secondary N) is 1. The van der Waals surface area contributed by atoms with E-state index in [1.807, 2.05) is 6.08 Å². The van der Waals surface area contributed by atoms with Crippen LogP contribution >= 0.6 is 0 Å². The van der Waals surface area contributed by atoms with Crippen LogP contribution in [0.3, 0.4) is 0 Å². The molecule has 2 atom stereocenters. The first kappa shape index (κ1) is 64.3. The van der Waals surface area contributed by atoms with Gasteiger partial charge < -0.3 is 20.3 Å². The van der Waals surface area contributed by atoms with Crippen LogP contribution in [0.25, 0.3) is 0 Å². The Morgan fingerprint density at radius 3 is 1.08 bits per heavy atom. The number of carbonyl (C=O) groups excluding carboxylic acids is 2. The maximum atomic E-state index is 12.4. The van der Waals surface area contributed by atoms with Crippen molar-refractivity contribution < 1.29 is 24.5 Å². The summed E-state index contributed by atoms with van der Waals surface area (Å²) in [6.07, 6.45) is 67.7. The average Bonchev–Trinajstić information content (AvgIpc) is 3.32. The summed E-state index contributed by atoms with van der Waals surface area (Å²) in [4.78, 5) is 24.5. The fraction of sp³-hybridized carbons (Fsp3) is 0.900. The van der Waals surface area contributed by atoms with Crippen molar-refractivity contribution in [1.29, 1.82) is 0 Å². The highest BCUT2D eigenvalue weighted by molar-refractivity contribution is 5.76. The quantitative estimate of drug-likeness (QED) is 0.0321. The number of ether oxygens (including phenoxy) is 1. The summed E-state index contributed by atoms with van der Waals surface area (Å²) in [6, 6.07) is -0.629. The third-order valence-electron chi connectivity index (χ3n) is 13.7. The number of hydrogen-bond donors (Lipinski definition) is 3. The standard InChI is InChI=1S/C60H115NO5/c1-3-5-7-9-11-13-15-17-18-22-26-30-34-38-42-46-50-54-60(65)66-55-51-47-43-39-35-31-27-24-21-19-20-23-25-29-33-37-41-45-49-53-59(64)61-57(56-62)58(63)52-48-44-40-36-32-28-16-14-12-10-8-6-4-2/h17-18,48,52,57-58,62-63H,3-16,19-47,49-51,53-56H2,1-2H3,(H,61,64)/b18-17-,52-48+. The van der Waals surface area contributed by atoms with Gasteiger partial charge in [-0.3, -0.25) is 9.59 Å². The molecular weight excluding hydrogens is 815 g/mol. The number of amides is 1. The van der Waals surface area contributed by atoms with E-state index < -0.39 is 12.1 Å². The summed E-state index contributed by atoms with van der Waals surface area (Å²) >= 11 is 0. The fourth-order valence-electron chi connectivity index (χ4n) is 9.16. The molecule has 0 bridgehead atoms. The maximum absolute atomic E-state index is 12.4. The van der Waals surface area contributed by atoms with Crippen LogP contribution in [0, 0.1) is 0 Å². The minimum Gasteiger partial charge on any atom is -0.466 e. The molecule has 1 amide bonds. The second-order valence-corrected chi connectivity index (χ2v) is 20.3. The zero-order chi connectivity index (χ0) is 47.9. The predicted molar refractivity (Wildman–Crippen MR) is 287 cm³/mol. The first-order chi connectivity index (χ1) is 32.5. The Morgan fingerprint density at radius 1 is 0.409 bits per heavy atom. The van der Waals surface area contributed by atoms with E-state index in [0.29, 0.717) is 19.4 Å². The molecule has 0 aromatic heterocycles. The van der Waals surface area contributed by atoms with E-state index >= 15 is 0 Å². The third kappa shape index (κ3) is 51.7. The van der Waals surface area contributed by atoms with Crippen LogP contribution in [0.2, 0.25) is 0 Å². The molecule has 0 radical (unpaired) electrons. The lowest BCUT2D eigenvalue weighted by molar-refractivity contribution is -0.143. The van der Waals surface area contributed by atoms with Gasteiger partial charge in [0.1, 0.15) is 0 Å². The van der Waals surface area contributed by atoms with Gasteiger partial charge in [0.25, 0.3) is 0 Å². The maximum Gasteiger partial charge on any atom is 0.305 e. The fourth-order valence-corrected chi connectivity index (χ4v) is 9.16. The van der Waals surface area contributed by atoms with Gasteiger partial charge in [0.15, 0.2) is 0 Å². The molecule has 0 saturated heterocycles. The number of allylic oxidation sites excluding steroid dienone is 3. The Labute approximate surface area is 411 Å². The summed E-state index contributed by atoms with van der Waals surface area (Å²) in [7, 11) is 0. The number of unbranched alkanes of at least 4 members (excludes halogenated alkanes) is 42. The smallest absolute Gasteiger partial charge is 0.305 e. The average molecular weight is 931 g/mol. The molecule has 0 rings (SSSR count). The van der Waals surface area contributed by atoms with Gasteiger partial charge in [-0.1, -0.05) is 276 Å². The normalized spacial score (nSPS) is 12.7. The predicted octanol–water partition coefficient (Wildman–Crippen LogP) is 18.2. The SMILES string of the molecule is CCCCCCCC/C=C\CCCCCCCCCC(=O)OCCCCCCCCCCCCCCCCCCCCCC(=O)NC(CO)C(O)/C=C/CCCCCCCCCCCCC. The Balaban J connectivity index is 3.40. The van der Waals surface area contributed by atoms with Crippen molar-refractivity contribution in [2.75, 3.05) is 13.2 Å². The Hall–Kier alpha value is -1.66. The lowest BCUT2D eigenvalue weighted by atomic mass is 10.0. The number of hydrogen-bond acceptors (Lipinski definition) is 5. The van der Waals surface area contributed by atoms with E-state index in [2.05, 4.69) is 31.3 Å². The lowest BCUT2D eigenvalue weighted by Gasteiger charge is -2.20. The van der Waals surface area contributed by atoms with Crippen molar-refractivity contribution in [3.8, 4) is 0 Å². The molecule has 0 saturated carbocycles. The van der Waals surface area contributed by atoms with E-state index in [9.17, 15) is 19.8 Å². The number of aliphatic hydroxyl groups excluding tert-OH is 2. The van der Waals surface area contributed by atoms with Crippen LogP contribution in [0.15, 0.2) is 24.3 Å². The zero-order valence-electron chi connectivity index (χ0n) is 44.4. The number of rotatable bonds is 55. The van der Waals surface area contributed by atoms with Crippen molar-refractivity contribution in [3.05, 3.63) is 24.3 Å². The molecular formula is C60H115NO5. The molecule has 0 aromatic rings. The molecule has 0 fully saturated rings. The van der Waals surface area contributed by atoms with Gasteiger partial charge in [-0.25, -0.2) is 0 Å². The molecule has 0 heterocycles. The van der Waals surface area contributed by atoms with Gasteiger partial charge in [0.05, 0.1) is 25.4 Å². The van der Waals surface area contributed by atoms with E-state index in [-0.39, 0.29) is 18.5 Å². The molecule has 0 aliphatic heterocycles. The number of esters is 1. The van der Waals surface area contributed by atoms with Crippen LogP contribution in [0.1, 0.15) is 322 Å². The highest BCUT2D eigenvalue weighted by Crippen LogP contribution is 2.17. The van der Waals surface area contributed by atoms with Crippen molar-refractivity contribution in [1.82, 2.24) is 5.32 Å². The lowest BCUT2D eigenvalue weighted by Crippen LogP contribution is -2.45. The van der Waals surface area contributed by atoms with Crippen LogP contribution in [0.4, 0.5) is 0 Å². The van der Waals surface area contributed by atoms with E-state index in [0.717, 1.165) is 44.9 Å². The minimum atomic E-state index is -0.845. The van der Waals surface area contributed by atoms with Gasteiger partial charge in [0, 0.05) is 12.8 Å². The second-order valence-electron chi connectivity index (χ2n) is 20.3. The van der Waals surface area contributed by atoms with E-state index in [1.165, 1.54) is 250 Å². The number of aliphatic hydroxyl groups is 2. The second kappa shape index (κ2) is 55.9. The summed E-state index contributed by atoms with van der Waals surface area (Å²) in [5, 5.41) is 23.1. The van der Waals surface area contributed by atoms with Crippen molar-refractivity contribution in [2.24, 2.45) is 0 Å². The zero-order valence-corrected chi connectivity index (χ0v) is 44.4. The first-order valence-corrected chi connectivity index (χ1v) is 29.6. The van der Waals surface area contributed by atoms with Gasteiger partial charge in [-0.2, -0.15) is 0 Å². The molecule has 6 nitrogen and oxygen atoms in total.